The van der Waals surface area contributed by atoms with Crippen LogP contribution in [0.25, 0.3) is 0 Å². The van der Waals surface area contributed by atoms with Gasteiger partial charge in [-0.25, -0.2) is 4.99 Å². The molecule has 2 saturated carbocycles. The van der Waals surface area contributed by atoms with Crippen molar-refractivity contribution in [1.82, 2.24) is 0 Å². The van der Waals surface area contributed by atoms with Gasteiger partial charge < -0.3 is 5.73 Å². The van der Waals surface area contributed by atoms with E-state index in [1.807, 2.05) is 24.3 Å². The van der Waals surface area contributed by atoms with Crippen LogP contribution < -0.4 is 11.2 Å². The molecule has 0 saturated heterocycles. The molecule has 0 aliphatic heterocycles. The molecule has 2 fully saturated rings. The van der Waals surface area contributed by atoms with Crippen LogP contribution in [0.2, 0.25) is 0 Å². The van der Waals surface area contributed by atoms with Gasteiger partial charge in [-0.15, -0.1) is 0 Å². The van der Waals surface area contributed by atoms with Crippen LogP contribution in [0.3, 0.4) is 0 Å². The molecule has 36 heavy (non-hydrogen) atoms. The maximum atomic E-state index is 8.99. The molecule has 2 bridgehead atoms. The van der Waals surface area contributed by atoms with E-state index in [0.29, 0.717) is 28.8 Å². The van der Waals surface area contributed by atoms with Gasteiger partial charge in [0.15, 0.2) is 5.84 Å². The fourth-order valence-corrected chi connectivity index (χ4v) is 6.84. The Hall–Kier alpha value is -3.65. The van der Waals surface area contributed by atoms with Crippen LogP contribution in [0.15, 0.2) is 77.8 Å². The molecule has 0 spiro atoms. The lowest BCUT2D eigenvalue weighted by Gasteiger charge is -2.54. The molecule has 5 rings (SSSR count). The Morgan fingerprint density at radius 3 is 2.19 bits per heavy atom. The van der Waals surface area contributed by atoms with Crippen LogP contribution in [0, 0.1) is 34.5 Å². The Labute approximate surface area is 215 Å². The number of hydrogen-bond donors (Lipinski definition) is 2. The first-order chi connectivity index (χ1) is 17.4. The highest BCUT2D eigenvalue weighted by molar-refractivity contribution is 6.32. The summed E-state index contributed by atoms with van der Waals surface area (Å²) in [4.78, 5) is 4.35. The van der Waals surface area contributed by atoms with Crippen molar-refractivity contribution >= 4 is 25.0 Å². The molecule has 178 valence electrons. The van der Waals surface area contributed by atoms with Crippen LogP contribution >= 0.6 is 0 Å². The molecule has 3 aromatic carbocycles. The Kier molecular flexibility index (Phi) is 6.54. The maximum absolute atomic E-state index is 8.99. The van der Waals surface area contributed by atoms with Crippen LogP contribution in [-0.4, -0.2) is 19.5 Å². The van der Waals surface area contributed by atoms with Crippen molar-refractivity contribution in [2.45, 2.75) is 44.4 Å². The minimum Gasteiger partial charge on any atom is -0.383 e. The molecule has 0 aromatic heterocycles. The molecule has 3 aromatic rings. The molecule has 0 heterocycles. The first-order valence-electron chi connectivity index (χ1n) is 12.8. The number of nitrogens with one attached hydrogen (secondary N) is 1. The number of benzene rings is 3. The van der Waals surface area contributed by atoms with Crippen molar-refractivity contribution < 1.29 is 0 Å². The molecular weight excluding hydrogens is 439 g/mol. The van der Waals surface area contributed by atoms with E-state index < -0.39 is 0 Å². The van der Waals surface area contributed by atoms with Gasteiger partial charge in [0.05, 0.1) is 11.6 Å². The second-order valence-electron chi connectivity index (χ2n) is 10.5. The largest absolute Gasteiger partial charge is 0.383 e. The fourth-order valence-electron chi connectivity index (χ4n) is 6.84. The SMILES string of the molecule is [B]c1ccc(C2(c3ccc(C(N)=NC(=N)c4ccc(C#N)cc4)cc3)C(C)CC3CCCC2C3)cc1. The van der Waals surface area contributed by atoms with Crippen LogP contribution in [0.1, 0.15) is 66.8 Å². The third-order valence-electron chi connectivity index (χ3n) is 8.46. The summed E-state index contributed by atoms with van der Waals surface area (Å²) in [6.45, 7) is 2.42. The minimum absolute atomic E-state index is 0.0513. The topological polar surface area (TPSA) is 86.0 Å². The standard InChI is InChI=1S/C31H31BN4/c1-20-17-22-3-2-4-27(18-22)31(20,26-13-15-28(32)16-14-26)25-11-9-24(10-12-25)30(35)36-29(34)23-7-5-21(19-33)6-8-23/h5-16,20,22,27H,2-4,17-18H2,1H3,(H3,34,35,36). The molecular formula is C31H31BN4. The van der Waals surface area contributed by atoms with Gasteiger partial charge in [0.25, 0.3) is 0 Å². The zero-order valence-electron chi connectivity index (χ0n) is 20.7. The van der Waals surface area contributed by atoms with Crippen LogP contribution in [0.4, 0.5) is 0 Å². The smallest absolute Gasteiger partial charge is 0.154 e. The highest BCUT2D eigenvalue weighted by atomic mass is 14.9. The number of nitrogens with two attached hydrogens (primary N) is 1. The van der Waals surface area contributed by atoms with E-state index >= 15 is 0 Å². The molecule has 2 aliphatic rings. The van der Waals surface area contributed by atoms with Crippen molar-refractivity contribution in [2.75, 3.05) is 0 Å². The van der Waals surface area contributed by atoms with Crippen molar-refractivity contribution in [3.63, 3.8) is 0 Å². The van der Waals surface area contributed by atoms with E-state index in [4.69, 9.17) is 24.3 Å². The lowest BCUT2D eigenvalue weighted by Crippen LogP contribution is -2.49. The zero-order valence-corrected chi connectivity index (χ0v) is 20.7. The number of aliphatic imine (C=N–C) groups is 1. The molecule has 3 N–H and O–H groups in total. The van der Waals surface area contributed by atoms with Gasteiger partial charge in [-0.05, 0) is 72.4 Å². The molecule has 0 amide bonds. The summed E-state index contributed by atoms with van der Waals surface area (Å²) in [6, 6.07) is 25.9. The van der Waals surface area contributed by atoms with E-state index in [9.17, 15) is 0 Å². The highest BCUT2D eigenvalue weighted by Crippen LogP contribution is 2.57. The van der Waals surface area contributed by atoms with Gasteiger partial charge >= 0.3 is 0 Å². The number of nitriles is 1. The lowest BCUT2D eigenvalue weighted by molar-refractivity contribution is 0.0642. The molecule has 4 atom stereocenters. The Balaban J connectivity index is 1.49. The van der Waals surface area contributed by atoms with E-state index in [2.05, 4.69) is 42.3 Å². The summed E-state index contributed by atoms with van der Waals surface area (Å²) in [7, 11) is 6.06. The summed E-state index contributed by atoms with van der Waals surface area (Å²) in [5.74, 6) is 2.34. The number of hydrogen-bond acceptors (Lipinski definition) is 2. The summed E-state index contributed by atoms with van der Waals surface area (Å²) < 4.78 is 0. The van der Waals surface area contributed by atoms with Crippen molar-refractivity contribution in [2.24, 2.45) is 28.5 Å². The first-order valence-corrected chi connectivity index (χ1v) is 12.8. The van der Waals surface area contributed by atoms with E-state index in [1.165, 1.54) is 43.2 Å². The molecule has 2 radical (unpaired) electrons. The van der Waals surface area contributed by atoms with Gasteiger partial charge in [0.2, 0.25) is 0 Å². The van der Waals surface area contributed by atoms with Gasteiger partial charge in [-0.2, -0.15) is 5.26 Å². The van der Waals surface area contributed by atoms with Crippen LogP contribution in [-0.2, 0) is 5.41 Å². The average molecular weight is 470 g/mol. The van der Waals surface area contributed by atoms with Gasteiger partial charge in [0.1, 0.15) is 13.7 Å². The Morgan fingerprint density at radius 2 is 1.56 bits per heavy atom. The van der Waals surface area contributed by atoms with E-state index in [1.54, 1.807) is 24.3 Å². The molecule has 4 nitrogen and oxygen atoms in total. The number of amidine groups is 2. The number of fused-ring (bicyclic) bond motifs is 2. The summed E-state index contributed by atoms with van der Waals surface area (Å²) >= 11 is 0. The normalized spacial score (nSPS) is 25.7. The number of rotatable bonds is 4. The molecule has 2 aliphatic carbocycles. The van der Waals surface area contributed by atoms with Crippen molar-refractivity contribution in [3.8, 4) is 6.07 Å². The third kappa shape index (κ3) is 4.26. The second kappa shape index (κ2) is 9.78. The van der Waals surface area contributed by atoms with Crippen molar-refractivity contribution in [1.29, 1.82) is 10.7 Å². The summed E-state index contributed by atoms with van der Waals surface area (Å²) in [5, 5.41) is 17.3. The molecule has 4 unspecified atom stereocenters. The third-order valence-corrected chi connectivity index (χ3v) is 8.46. The average Bonchev–Trinajstić information content (AvgIpc) is 2.90. The fraction of sp³-hybridized carbons (Fsp3) is 0.323. The van der Waals surface area contributed by atoms with Gasteiger partial charge in [-0.3, -0.25) is 5.41 Å². The Morgan fingerprint density at radius 1 is 0.944 bits per heavy atom. The molecule has 5 heteroatoms. The van der Waals surface area contributed by atoms with Gasteiger partial charge in [-0.1, -0.05) is 73.8 Å². The van der Waals surface area contributed by atoms with Gasteiger partial charge in [0, 0.05) is 16.5 Å². The van der Waals surface area contributed by atoms with Crippen LogP contribution in [0.5, 0.6) is 0 Å². The maximum Gasteiger partial charge on any atom is 0.154 e. The van der Waals surface area contributed by atoms with E-state index in [0.717, 1.165) is 16.9 Å². The predicted molar refractivity (Wildman–Crippen MR) is 147 cm³/mol. The predicted octanol–water partition coefficient (Wildman–Crippen LogP) is 5.22. The Bertz CT molecular complexity index is 1320. The second-order valence-corrected chi connectivity index (χ2v) is 10.5. The monoisotopic (exact) mass is 470 g/mol. The van der Waals surface area contributed by atoms with E-state index in [-0.39, 0.29) is 11.3 Å². The quantitative estimate of drug-likeness (QED) is 0.311. The van der Waals surface area contributed by atoms with Crippen molar-refractivity contribution in [3.05, 3.63) is 101 Å². The summed E-state index contributed by atoms with van der Waals surface area (Å²) in [5.41, 5.74) is 11.7. The highest BCUT2D eigenvalue weighted by Gasteiger charge is 2.51. The number of nitrogens with zero attached hydrogens (tertiary/aromatic N) is 2. The zero-order chi connectivity index (χ0) is 25.3. The summed E-state index contributed by atoms with van der Waals surface area (Å²) in [6.07, 6.45) is 6.43. The minimum atomic E-state index is -0.0513. The first kappa shape index (κ1) is 24.1. The lowest BCUT2D eigenvalue weighted by atomic mass is 9.49.